The van der Waals surface area contributed by atoms with Crippen LogP contribution in [-0.4, -0.2) is 18.0 Å². The van der Waals surface area contributed by atoms with E-state index < -0.39 is 0 Å². The highest BCUT2D eigenvalue weighted by atomic mass is 16.2. The molecule has 0 aliphatic heterocycles. The first-order valence-electron chi connectivity index (χ1n) is 6.94. The van der Waals surface area contributed by atoms with Crippen LogP contribution in [0.2, 0.25) is 0 Å². The molecule has 1 aliphatic rings. The summed E-state index contributed by atoms with van der Waals surface area (Å²) in [5.74, 6) is 1.93. The zero-order valence-electron chi connectivity index (χ0n) is 11.7. The minimum Gasteiger partial charge on any atom is -0.352 e. The quantitative estimate of drug-likeness (QED) is 0.792. The molecule has 1 amide bonds. The minimum atomic E-state index is -0.345. The summed E-state index contributed by atoms with van der Waals surface area (Å²) < 4.78 is 0. The zero-order valence-corrected chi connectivity index (χ0v) is 11.7. The van der Waals surface area contributed by atoms with Crippen molar-refractivity contribution in [1.29, 1.82) is 0 Å². The summed E-state index contributed by atoms with van der Waals surface area (Å²) in [4.78, 5) is 11.9. The third-order valence-corrected chi connectivity index (χ3v) is 3.59. The number of hydrogen-bond acceptors (Lipinski definition) is 2. The molecule has 3 heteroatoms. The molecule has 0 aromatic heterocycles. The van der Waals surface area contributed by atoms with Crippen LogP contribution in [-0.2, 0) is 4.79 Å². The van der Waals surface area contributed by atoms with Gasteiger partial charge in [-0.3, -0.25) is 4.79 Å². The number of nitrogens with two attached hydrogens (primary N) is 1. The summed E-state index contributed by atoms with van der Waals surface area (Å²) in [6, 6.07) is -0.0120. The van der Waals surface area contributed by atoms with Crippen LogP contribution in [0.25, 0.3) is 0 Å². The molecule has 0 radical (unpaired) electrons. The van der Waals surface area contributed by atoms with Gasteiger partial charge in [-0.15, -0.1) is 0 Å². The van der Waals surface area contributed by atoms with E-state index in [0.717, 1.165) is 19.3 Å². The molecule has 1 aliphatic carbocycles. The normalized spacial score (nSPS) is 31.3. The summed E-state index contributed by atoms with van der Waals surface area (Å²) in [5, 5.41) is 3.12. The Bertz CT molecular complexity index is 243. The first-order valence-corrected chi connectivity index (χ1v) is 6.94. The number of hydrogen-bond donors (Lipinski definition) is 2. The second kappa shape index (κ2) is 6.39. The summed E-state index contributed by atoms with van der Waals surface area (Å²) in [6.45, 7) is 8.72. The molecule has 0 aromatic carbocycles. The molecule has 1 rings (SSSR count). The van der Waals surface area contributed by atoms with Crippen LogP contribution in [0, 0.1) is 17.8 Å². The van der Waals surface area contributed by atoms with Crippen LogP contribution in [0.1, 0.15) is 53.4 Å². The van der Waals surface area contributed by atoms with E-state index in [9.17, 15) is 4.79 Å². The monoisotopic (exact) mass is 240 g/mol. The molecule has 0 saturated heterocycles. The predicted octanol–water partition coefficient (Wildman–Crippen LogP) is 2.30. The molecular weight excluding hydrogens is 212 g/mol. The Morgan fingerprint density at radius 3 is 2.24 bits per heavy atom. The van der Waals surface area contributed by atoms with E-state index >= 15 is 0 Å². The van der Waals surface area contributed by atoms with Crippen molar-refractivity contribution in [3.05, 3.63) is 0 Å². The molecule has 1 saturated carbocycles. The van der Waals surface area contributed by atoms with Crippen molar-refractivity contribution < 1.29 is 4.79 Å². The molecule has 1 fully saturated rings. The molecule has 0 spiro atoms. The number of amides is 1. The molecule has 3 nitrogen and oxygen atoms in total. The van der Waals surface area contributed by atoms with Gasteiger partial charge < -0.3 is 11.1 Å². The Balaban J connectivity index is 2.39. The van der Waals surface area contributed by atoms with E-state index in [2.05, 4.69) is 33.0 Å². The van der Waals surface area contributed by atoms with E-state index in [1.165, 1.54) is 6.42 Å². The first kappa shape index (κ1) is 14.5. The lowest BCUT2D eigenvalue weighted by Crippen LogP contribution is -2.48. The molecule has 17 heavy (non-hydrogen) atoms. The van der Waals surface area contributed by atoms with Gasteiger partial charge in [0.2, 0.25) is 5.91 Å². The molecule has 100 valence electrons. The Morgan fingerprint density at radius 1 is 1.24 bits per heavy atom. The van der Waals surface area contributed by atoms with Gasteiger partial charge in [0.1, 0.15) is 0 Å². The van der Waals surface area contributed by atoms with Crippen molar-refractivity contribution in [3.8, 4) is 0 Å². The van der Waals surface area contributed by atoms with Crippen LogP contribution < -0.4 is 11.1 Å². The lowest BCUT2D eigenvalue weighted by Gasteiger charge is -2.32. The Morgan fingerprint density at radius 2 is 1.76 bits per heavy atom. The SMILES string of the molecule is CC(C)C[C@@H](N)C(=O)NC1CC(C)CC(C)C1. The highest BCUT2D eigenvalue weighted by molar-refractivity contribution is 5.81. The van der Waals surface area contributed by atoms with Crippen molar-refractivity contribution in [1.82, 2.24) is 5.32 Å². The molecule has 2 unspecified atom stereocenters. The highest BCUT2D eigenvalue weighted by Crippen LogP contribution is 2.28. The lowest BCUT2D eigenvalue weighted by atomic mass is 9.80. The molecule has 3 atom stereocenters. The van der Waals surface area contributed by atoms with Gasteiger partial charge in [-0.05, 0) is 43.4 Å². The maximum Gasteiger partial charge on any atom is 0.237 e. The summed E-state index contributed by atoms with van der Waals surface area (Å²) in [6.07, 6.45) is 4.25. The van der Waals surface area contributed by atoms with E-state index in [1.54, 1.807) is 0 Å². The van der Waals surface area contributed by atoms with Gasteiger partial charge in [-0.2, -0.15) is 0 Å². The largest absolute Gasteiger partial charge is 0.352 e. The van der Waals surface area contributed by atoms with Crippen LogP contribution in [0.15, 0.2) is 0 Å². The van der Waals surface area contributed by atoms with Crippen molar-refractivity contribution in [2.75, 3.05) is 0 Å². The Hall–Kier alpha value is -0.570. The van der Waals surface area contributed by atoms with Gasteiger partial charge in [0, 0.05) is 6.04 Å². The van der Waals surface area contributed by atoms with Crippen molar-refractivity contribution in [2.24, 2.45) is 23.5 Å². The van der Waals surface area contributed by atoms with Gasteiger partial charge in [0.25, 0.3) is 0 Å². The molecular formula is C14H28N2O. The fourth-order valence-corrected chi connectivity index (χ4v) is 2.99. The maximum atomic E-state index is 11.9. The van der Waals surface area contributed by atoms with E-state index in [-0.39, 0.29) is 11.9 Å². The van der Waals surface area contributed by atoms with Gasteiger partial charge >= 0.3 is 0 Å². The van der Waals surface area contributed by atoms with Crippen LogP contribution in [0.3, 0.4) is 0 Å². The molecule has 0 bridgehead atoms. The lowest BCUT2D eigenvalue weighted by molar-refractivity contribution is -0.123. The summed E-state index contributed by atoms with van der Waals surface area (Å²) >= 11 is 0. The smallest absolute Gasteiger partial charge is 0.237 e. The van der Waals surface area contributed by atoms with Crippen LogP contribution >= 0.6 is 0 Å². The average Bonchev–Trinajstić information content (AvgIpc) is 2.14. The van der Waals surface area contributed by atoms with Crippen LogP contribution in [0.5, 0.6) is 0 Å². The van der Waals surface area contributed by atoms with Gasteiger partial charge in [-0.1, -0.05) is 27.7 Å². The maximum absolute atomic E-state index is 11.9. The summed E-state index contributed by atoms with van der Waals surface area (Å²) in [7, 11) is 0. The van der Waals surface area contributed by atoms with Gasteiger partial charge in [-0.25, -0.2) is 0 Å². The fourth-order valence-electron chi connectivity index (χ4n) is 2.99. The standard InChI is InChI=1S/C14H28N2O/c1-9(2)5-13(15)14(17)16-12-7-10(3)6-11(4)8-12/h9-13H,5-8,15H2,1-4H3,(H,16,17)/t10?,11?,12?,13-/m1/s1. The van der Waals surface area contributed by atoms with E-state index in [4.69, 9.17) is 5.73 Å². The minimum absolute atomic E-state index is 0.0324. The van der Waals surface area contributed by atoms with Gasteiger partial charge in [0.15, 0.2) is 0 Å². The number of carbonyl (C=O) groups excluding carboxylic acids is 1. The van der Waals surface area contributed by atoms with Crippen molar-refractivity contribution in [2.45, 2.75) is 65.5 Å². The van der Waals surface area contributed by atoms with Crippen molar-refractivity contribution >= 4 is 5.91 Å². The highest BCUT2D eigenvalue weighted by Gasteiger charge is 2.26. The number of rotatable bonds is 4. The second-order valence-electron chi connectivity index (χ2n) is 6.36. The number of carbonyl (C=O) groups is 1. The average molecular weight is 240 g/mol. The molecule has 0 heterocycles. The van der Waals surface area contributed by atoms with Crippen LogP contribution in [0.4, 0.5) is 0 Å². The molecule has 3 N–H and O–H groups in total. The first-order chi connectivity index (χ1) is 7.88. The topological polar surface area (TPSA) is 55.1 Å². The third-order valence-electron chi connectivity index (χ3n) is 3.59. The van der Waals surface area contributed by atoms with E-state index in [0.29, 0.717) is 23.8 Å². The Labute approximate surface area is 106 Å². The zero-order chi connectivity index (χ0) is 13.0. The third kappa shape index (κ3) is 5.07. The predicted molar refractivity (Wildman–Crippen MR) is 71.5 cm³/mol. The Kier molecular flexibility index (Phi) is 5.44. The fraction of sp³-hybridized carbons (Fsp3) is 0.929. The van der Waals surface area contributed by atoms with E-state index in [1.807, 2.05) is 0 Å². The van der Waals surface area contributed by atoms with Gasteiger partial charge in [0.05, 0.1) is 6.04 Å². The number of nitrogens with one attached hydrogen (secondary N) is 1. The van der Waals surface area contributed by atoms with Crippen molar-refractivity contribution in [3.63, 3.8) is 0 Å². The molecule has 0 aromatic rings. The summed E-state index contributed by atoms with van der Waals surface area (Å²) in [5.41, 5.74) is 5.89. The second-order valence-corrected chi connectivity index (χ2v) is 6.36.